The van der Waals surface area contributed by atoms with Gasteiger partial charge in [0.25, 0.3) is 0 Å². The van der Waals surface area contributed by atoms with E-state index < -0.39 is 10.1 Å². The fourth-order valence-electron chi connectivity index (χ4n) is 3.54. The number of hydrogen-bond donors (Lipinski definition) is 1. The van der Waals surface area contributed by atoms with Gasteiger partial charge in [-0.05, 0) is 52.6 Å². The number of para-hydroxylation sites is 1. The molecule has 0 saturated heterocycles. The molecule has 0 aliphatic heterocycles. The Bertz CT molecular complexity index is 1150. The summed E-state index contributed by atoms with van der Waals surface area (Å²) >= 11 is 0. The Morgan fingerprint density at radius 2 is 1.47 bits per heavy atom. The first-order valence-corrected chi connectivity index (χ1v) is 11.7. The normalized spacial score (nSPS) is 12.3. The molecular weight excluding hydrogens is 396 g/mol. The third-order valence-corrected chi connectivity index (χ3v) is 6.60. The number of fused-ring (bicyclic) bond motifs is 1. The molecule has 5 nitrogen and oxygen atoms in total. The average Bonchev–Trinajstić information content (AvgIpc) is 2.67. The maximum absolute atomic E-state index is 13.6. The lowest BCUT2D eigenvalue weighted by Gasteiger charge is -2.22. The summed E-state index contributed by atoms with van der Waals surface area (Å²) in [6, 6.07) is 12.7. The number of nitrogen functional groups attached to an aromatic ring is 1. The Balaban J connectivity index is 2.23. The van der Waals surface area contributed by atoms with Gasteiger partial charge in [0.1, 0.15) is 16.2 Å². The molecule has 1 heterocycles. The van der Waals surface area contributed by atoms with Gasteiger partial charge in [0.15, 0.2) is 5.75 Å². The summed E-state index contributed by atoms with van der Waals surface area (Å²) in [4.78, 5) is 4.56. The Hall–Kier alpha value is -2.60. The summed E-state index contributed by atoms with van der Waals surface area (Å²) in [5.41, 5.74) is 8.93. The molecule has 0 bridgehead atoms. The second-order valence-electron chi connectivity index (χ2n) is 8.59. The summed E-state index contributed by atoms with van der Waals surface area (Å²) in [6.07, 6.45) is 0. The van der Waals surface area contributed by atoms with Crippen molar-refractivity contribution in [3.63, 3.8) is 0 Å². The molecule has 30 heavy (non-hydrogen) atoms. The molecular formula is C24H30N2O3S. The molecule has 160 valence electrons. The van der Waals surface area contributed by atoms with Crippen LogP contribution in [-0.4, -0.2) is 13.4 Å². The highest BCUT2D eigenvalue weighted by atomic mass is 32.2. The van der Waals surface area contributed by atoms with Crippen molar-refractivity contribution in [2.45, 2.75) is 64.2 Å². The lowest BCUT2D eigenvalue weighted by atomic mass is 9.89. The summed E-state index contributed by atoms with van der Waals surface area (Å²) < 4.78 is 32.9. The molecule has 0 aliphatic rings. The predicted molar refractivity (Wildman–Crippen MR) is 123 cm³/mol. The van der Waals surface area contributed by atoms with Crippen LogP contribution < -0.4 is 9.92 Å². The van der Waals surface area contributed by atoms with Crippen LogP contribution in [0.2, 0.25) is 0 Å². The molecule has 3 rings (SSSR count). The molecule has 0 spiro atoms. The van der Waals surface area contributed by atoms with Gasteiger partial charge in [-0.25, -0.2) is 4.98 Å². The van der Waals surface area contributed by atoms with E-state index in [9.17, 15) is 8.42 Å². The largest absolute Gasteiger partial charge is 0.384 e. The van der Waals surface area contributed by atoms with Crippen molar-refractivity contribution >= 4 is 26.8 Å². The van der Waals surface area contributed by atoms with E-state index in [2.05, 4.69) is 18.8 Å². The van der Waals surface area contributed by atoms with Gasteiger partial charge in [-0.2, -0.15) is 8.42 Å². The molecule has 0 amide bonds. The molecule has 0 atom stereocenters. The monoisotopic (exact) mass is 426 g/mol. The van der Waals surface area contributed by atoms with E-state index in [4.69, 9.17) is 9.92 Å². The molecule has 0 saturated carbocycles. The van der Waals surface area contributed by atoms with Crippen molar-refractivity contribution in [2.75, 3.05) is 5.73 Å². The van der Waals surface area contributed by atoms with Crippen LogP contribution in [0.15, 0.2) is 47.4 Å². The number of nitrogens with two attached hydrogens (primary N) is 1. The van der Waals surface area contributed by atoms with Crippen molar-refractivity contribution in [2.24, 2.45) is 0 Å². The first-order valence-electron chi connectivity index (χ1n) is 10.3. The zero-order valence-corrected chi connectivity index (χ0v) is 19.2. The zero-order chi connectivity index (χ0) is 22.2. The topological polar surface area (TPSA) is 82.3 Å². The van der Waals surface area contributed by atoms with Crippen LogP contribution in [0.25, 0.3) is 10.9 Å². The molecule has 1 aromatic heterocycles. The molecule has 0 radical (unpaired) electrons. The summed E-state index contributed by atoms with van der Waals surface area (Å²) in [7, 11) is -4.09. The second kappa shape index (κ2) is 8.26. The van der Waals surface area contributed by atoms with E-state index in [1.807, 2.05) is 45.9 Å². The quantitative estimate of drug-likeness (QED) is 0.492. The first kappa shape index (κ1) is 22.1. The molecule has 0 unspecified atom stereocenters. The van der Waals surface area contributed by atoms with E-state index in [0.717, 1.165) is 22.1 Å². The van der Waals surface area contributed by atoms with Crippen molar-refractivity contribution in [3.05, 3.63) is 59.2 Å². The van der Waals surface area contributed by atoms with Gasteiger partial charge >= 0.3 is 10.1 Å². The maximum atomic E-state index is 13.6. The Morgan fingerprint density at radius 3 is 2.00 bits per heavy atom. The minimum Gasteiger partial charge on any atom is -0.384 e. The van der Waals surface area contributed by atoms with E-state index in [0.29, 0.717) is 17.3 Å². The zero-order valence-electron chi connectivity index (χ0n) is 18.4. The molecule has 0 fully saturated rings. The minimum atomic E-state index is -4.09. The van der Waals surface area contributed by atoms with E-state index in [1.165, 1.54) is 0 Å². The van der Waals surface area contributed by atoms with E-state index in [1.54, 1.807) is 24.3 Å². The van der Waals surface area contributed by atoms with Gasteiger partial charge in [-0.1, -0.05) is 65.8 Å². The predicted octanol–water partition coefficient (Wildman–Crippen LogP) is 5.95. The third kappa shape index (κ3) is 4.29. The third-order valence-electron chi connectivity index (χ3n) is 5.23. The maximum Gasteiger partial charge on any atom is 0.339 e. The van der Waals surface area contributed by atoms with Crippen molar-refractivity contribution < 1.29 is 12.6 Å². The summed E-state index contributed by atoms with van der Waals surface area (Å²) in [5, 5.41) is 0.764. The van der Waals surface area contributed by atoms with Crippen molar-refractivity contribution in [1.82, 2.24) is 4.98 Å². The molecule has 0 aliphatic carbocycles. The lowest BCUT2D eigenvalue weighted by molar-refractivity contribution is 0.484. The van der Waals surface area contributed by atoms with Gasteiger partial charge in [0.2, 0.25) is 0 Å². The van der Waals surface area contributed by atoms with Gasteiger partial charge < -0.3 is 9.92 Å². The van der Waals surface area contributed by atoms with E-state index >= 15 is 0 Å². The average molecular weight is 427 g/mol. The van der Waals surface area contributed by atoms with Gasteiger partial charge in [-0.3, -0.25) is 0 Å². The number of pyridine rings is 1. The van der Waals surface area contributed by atoms with Gasteiger partial charge in [0, 0.05) is 5.39 Å². The van der Waals surface area contributed by atoms with Crippen molar-refractivity contribution in [1.29, 1.82) is 0 Å². The number of nitrogens with zero attached hydrogens (tertiary/aromatic N) is 1. The van der Waals surface area contributed by atoms with Crippen LogP contribution in [0.5, 0.6) is 5.75 Å². The summed E-state index contributed by atoms with van der Waals surface area (Å²) in [6.45, 7) is 12.2. The van der Waals surface area contributed by atoms with Crippen LogP contribution in [0.3, 0.4) is 0 Å². The second-order valence-corrected chi connectivity index (χ2v) is 10.1. The Labute approximate surface area is 179 Å². The fraction of sp³-hybridized carbons (Fsp3) is 0.375. The molecule has 6 heteroatoms. The SMILES string of the molecule is CC(C)c1cc(C(C)C)c(S(=O)(=O)Oc2cccc3ccc(N)nc23)c(C(C)C)c1. The fourth-order valence-corrected chi connectivity index (χ4v) is 5.16. The van der Waals surface area contributed by atoms with Crippen LogP contribution in [0.1, 0.15) is 76.0 Å². The van der Waals surface area contributed by atoms with E-state index in [-0.39, 0.29) is 22.5 Å². The molecule has 3 aromatic rings. The number of benzene rings is 2. The van der Waals surface area contributed by atoms with Gasteiger partial charge in [-0.15, -0.1) is 0 Å². The van der Waals surface area contributed by atoms with Gasteiger partial charge in [0.05, 0.1) is 0 Å². The highest BCUT2D eigenvalue weighted by Gasteiger charge is 2.29. The first-order chi connectivity index (χ1) is 14.0. The Morgan fingerprint density at radius 1 is 0.867 bits per heavy atom. The van der Waals surface area contributed by atoms with Crippen molar-refractivity contribution in [3.8, 4) is 5.75 Å². The van der Waals surface area contributed by atoms with Crippen LogP contribution >= 0.6 is 0 Å². The minimum absolute atomic E-state index is 0.0239. The number of hydrogen-bond acceptors (Lipinski definition) is 5. The highest BCUT2D eigenvalue weighted by Crippen LogP contribution is 2.37. The summed E-state index contributed by atoms with van der Waals surface area (Å²) in [5.74, 6) is 0.828. The number of rotatable bonds is 6. The smallest absolute Gasteiger partial charge is 0.339 e. The highest BCUT2D eigenvalue weighted by molar-refractivity contribution is 7.87. The van der Waals surface area contributed by atoms with Crippen LogP contribution in [-0.2, 0) is 10.1 Å². The number of anilines is 1. The molecule has 2 aromatic carbocycles. The lowest BCUT2D eigenvalue weighted by Crippen LogP contribution is -2.17. The Kier molecular flexibility index (Phi) is 6.09. The standard InChI is InChI=1S/C24H30N2O3S/c1-14(2)18-12-19(15(3)4)24(20(13-18)16(5)6)30(27,28)29-21-9-7-8-17-10-11-22(25)26-23(17)21/h7-16H,1-6H3,(H2,25,26). The molecule has 2 N–H and O–H groups in total. The van der Waals surface area contributed by atoms with Crippen LogP contribution in [0.4, 0.5) is 5.82 Å². The number of aromatic nitrogens is 1. The van der Waals surface area contributed by atoms with Crippen LogP contribution in [0, 0.1) is 0 Å².